The molecule has 2 atom stereocenters. The molecule has 0 aliphatic carbocycles. The molecule has 1 amide bonds. The van der Waals surface area contributed by atoms with Crippen molar-refractivity contribution in [2.24, 2.45) is 0 Å². The average molecular weight is 312 g/mol. The molecule has 7 nitrogen and oxygen atoms in total. The maximum Gasteiger partial charge on any atom is 0.274 e. The van der Waals surface area contributed by atoms with Crippen LogP contribution in [0.25, 0.3) is 0 Å². The number of carbonyl (C=O) groups excluding carboxylic acids is 1. The molecule has 0 saturated carbocycles. The van der Waals surface area contributed by atoms with Gasteiger partial charge in [0, 0.05) is 37.8 Å². The summed E-state index contributed by atoms with van der Waals surface area (Å²) < 4.78 is 2.23. The molecule has 2 aliphatic rings. The van der Waals surface area contributed by atoms with Crippen LogP contribution in [0.5, 0.6) is 0 Å². The van der Waals surface area contributed by atoms with E-state index in [0.717, 1.165) is 50.3 Å². The lowest BCUT2D eigenvalue weighted by Gasteiger charge is -2.27. The van der Waals surface area contributed by atoms with Crippen LogP contribution in [0.15, 0.2) is 18.6 Å². The Kier molecular flexibility index (Phi) is 3.55. The zero-order valence-electron chi connectivity index (χ0n) is 13.2. The molecule has 120 valence electrons. The van der Waals surface area contributed by atoms with Gasteiger partial charge in [-0.3, -0.25) is 9.78 Å². The van der Waals surface area contributed by atoms with E-state index in [1.165, 1.54) is 0 Å². The Labute approximate surface area is 134 Å². The second-order valence-electron chi connectivity index (χ2n) is 6.29. The van der Waals surface area contributed by atoms with E-state index in [1.807, 2.05) is 4.90 Å². The number of hydrogen-bond donors (Lipinski definition) is 0. The van der Waals surface area contributed by atoms with Gasteiger partial charge in [-0.2, -0.15) is 0 Å². The van der Waals surface area contributed by atoms with E-state index in [2.05, 4.69) is 31.7 Å². The van der Waals surface area contributed by atoms with Gasteiger partial charge in [-0.05, 0) is 19.3 Å². The Morgan fingerprint density at radius 3 is 2.91 bits per heavy atom. The molecule has 0 spiro atoms. The monoisotopic (exact) mass is 312 g/mol. The molecule has 2 bridgehead atoms. The summed E-state index contributed by atoms with van der Waals surface area (Å²) in [6, 6.07) is 0.386. The molecule has 2 aromatic rings. The lowest BCUT2D eigenvalue weighted by Crippen LogP contribution is -2.42. The molecular weight excluding hydrogens is 292 g/mol. The number of carbonyl (C=O) groups is 1. The maximum absolute atomic E-state index is 12.9. The van der Waals surface area contributed by atoms with Crippen LogP contribution >= 0.6 is 0 Å². The van der Waals surface area contributed by atoms with E-state index in [9.17, 15) is 4.79 Å². The summed E-state index contributed by atoms with van der Waals surface area (Å²) in [6.07, 6.45) is 9.52. The number of rotatable bonds is 3. The Morgan fingerprint density at radius 1 is 1.26 bits per heavy atom. The third kappa shape index (κ3) is 2.40. The Morgan fingerprint density at radius 2 is 2.13 bits per heavy atom. The molecule has 0 aromatic carbocycles. The summed E-state index contributed by atoms with van der Waals surface area (Å²) in [5.74, 6) is 2.04. The van der Waals surface area contributed by atoms with Crippen LogP contribution in [0.4, 0.5) is 0 Å². The van der Waals surface area contributed by atoms with Crippen molar-refractivity contribution in [2.75, 3.05) is 0 Å². The summed E-state index contributed by atoms with van der Waals surface area (Å²) in [5.41, 5.74) is 0.427. The number of amides is 1. The highest BCUT2D eigenvalue weighted by molar-refractivity contribution is 5.92. The predicted molar refractivity (Wildman–Crippen MR) is 82.7 cm³/mol. The quantitative estimate of drug-likeness (QED) is 0.852. The standard InChI is InChI=1S/C16H20N6O/c1-2-3-14-19-20-15-8-11-4-5-12(10-21(14)15)22(11)16(23)13-9-17-6-7-18-13/h6-7,9,11-12H,2-5,8,10H2,1H3. The summed E-state index contributed by atoms with van der Waals surface area (Å²) >= 11 is 0. The Bertz CT molecular complexity index is 713. The van der Waals surface area contributed by atoms with Crippen molar-refractivity contribution in [1.82, 2.24) is 29.6 Å². The van der Waals surface area contributed by atoms with Crippen molar-refractivity contribution in [2.45, 2.75) is 57.7 Å². The summed E-state index contributed by atoms with van der Waals surface area (Å²) in [5, 5.41) is 8.71. The van der Waals surface area contributed by atoms with Crippen LogP contribution in [0.2, 0.25) is 0 Å². The fourth-order valence-corrected chi connectivity index (χ4v) is 3.78. The van der Waals surface area contributed by atoms with Crippen molar-refractivity contribution < 1.29 is 4.79 Å². The first kappa shape index (κ1) is 14.3. The minimum atomic E-state index is -0.0126. The van der Waals surface area contributed by atoms with Gasteiger partial charge in [0.15, 0.2) is 0 Å². The van der Waals surface area contributed by atoms with E-state index < -0.39 is 0 Å². The second kappa shape index (κ2) is 5.72. The van der Waals surface area contributed by atoms with Crippen molar-refractivity contribution in [3.05, 3.63) is 35.9 Å². The van der Waals surface area contributed by atoms with Crippen molar-refractivity contribution in [1.29, 1.82) is 0 Å². The minimum absolute atomic E-state index is 0.0126. The van der Waals surface area contributed by atoms with E-state index >= 15 is 0 Å². The topological polar surface area (TPSA) is 76.8 Å². The first-order valence-corrected chi connectivity index (χ1v) is 8.27. The van der Waals surface area contributed by atoms with E-state index in [4.69, 9.17) is 0 Å². The fraction of sp³-hybridized carbons (Fsp3) is 0.562. The van der Waals surface area contributed by atoms with E-state index in [0.29, 0.717) is 5.69 Å². The molecule has 2 aliphatic heterocycles. The number of hydrogen-bond acceptors (Lipinski definition) is 5. The van der Waals surface area contributed by atoms with Gasteiger partial charge in [-0.25, -0.2) is 4.98 Å². The van der Waals surface area contributed by atoms with Gasteiger partial charge in [-0.1, -0.05) is 6.92 Å². The molecule has 1 fully saturated rings. The normalized spacial score (nSPS) is 22.7. The number of aryl methyl sites for hydroxylation is 1. The lowest BCUT2D eigenvalue weighted by atomic mass is 10.1. The highest BCUT2D eigenvalue weighted by Gasteiger charge is 2.41. The van der Waals surface area contributed by atoms with Crippen molar-refractivity contribution >= 4 is 5.91 Å². The van der Waals surface area contributed by atoms with Gasteiger partial charge in [0.2, 0.25) is 0 Å². The second-order valence-corrected chi connectivity index (χ2v) is 6.29. The molecule has 2 unspecified atom stereocenters. The SMILES string of the molecule is CCCc1nnc2n1CC1CCC(C2)N1C(=O)c1cnccn1. The van der Waals surface area contributed by atoms with Crippen molar-refractivity contribution in [3.8, 4) is 0 Å². The van der Waals surface area contributed by atoms with Gasteiger partial charge in [0.05, 0.1) is 12.2 Å². The summed E-state index contributed by atoms with van der Waals surface area (Å²) in [6.45, 7) is 2.94. The number of nitrogens with zero attached hydrogens (tertiary/aromatic N) is 6. The van der Waals surface area contributed by atoms with E-state index in [-0.39, 0.29) is 18.0 Å². The van der Waals surface area contributed by atoms with Crippen LogP contribution in [-0.2, 0) is 19.4 Å². The zero-order valence-corrected chi connectivity index (χ0v) is 13.2. The average Bonchev–Trinajstić information content (AvgIpc) is 3.08. The van der Waals surface area contributed by atoms with Gasteiger partial charge in [-0.15, -0.1) is 10.2 Å². The van der Waals surface area contributed by atoms with Gasteiger partial charge >= 0.3 is 0 Å². The first-order valence-electron chi connectivity index (χ1n) is 8.27. The zero-order chi connectivity index (χ0) is 15.8. The van der Waals surface area contributed by atoms with Crippen LogP contribution in [-0.4, -0.2) is 47.6 Å². The van der Waals surface area contributed by atoms with Crippen LogP contribution in [0.1, 0.15) is 48.3 Å². The molecule has 23 heavy (non-hydrogen) atoms. The van der Waals surface area contributed by atoms with Crippen molar-refractivity contribution in [3.63, 3.8) is 0 Å². The number of fused-ring (bicyclic) bond motifs is 3. The van der Waals surface area contributed by atoms with Crippen LogP contribution in [0, 0.1) is 0 Å². The largest absolute Gasteiger partial charge is 0.329 e. The van der Waals surface area contributed by atoms with Gasteiger partial charge in [0.25, 0.3) is 5.91 Å². The highest BCUT2D eigenvalue weighted by Crippen LogP contribution is 2.32. The van der Waals surface area contributed by atoms with Crippen LogP contribution < -0.4 is 0 Å². The van der Waals surface area contributed by atoms with Crippen LogP contribution in [0.3, 0.4) is 0 Å². The fourth-order valence-electron chi connectivity index (χ4n) is 3.78. The number of aromatic nitrogens is 5. The molecule has 1 saturated heterocycles. The molecule has 0 N–H and O–H groups in total. The highest BCUT2D eigenvalue weighted by atomic mass is 16.2. The first-order chi connectivity index (χ1) is 11.3. The smallest absolute Gasteiger partial charge is 0.274 e. The molecule has 4 heterocycles. The predicted octanol–water partition coefficient (Wildman–Crippen LogP) is 1.25. The molecule has 7 heteroatoms. The Hall–Kier alpha value is -2.31. The maximum atomic E-state index is 12.9. The Balaban J connectivity index is 1.64. The summed E-state index contributed by atoms with van der Waals surface area (Å²) in [7, 11) is 0. The molecule has 0 radical (unpaired) electrons. The molecular formula is C16H20N6O. The van der Waals surface area contributed by atoms with Gasteiger partial charge in [0.1, 0.15) is 17.3 Å². The molecule has 4 rings (SSSR count). The van der Waals surface area contributed by atoms with Gasteiger partial charge < -0.3 is 9.47 Å². The summed E-state index contributed by atoms with van der Waals surface area (Å²) in [4.78, 5) is 23.1. The van der Waals surface area contributed by atoms with E-state index in [1.54, 1.807) is 18.6 Å². The lowest BCUT2D eigenvalue weighted by molar-refractivity contribution is 0.0658. The third-order valence-corrected chi connectivity index (χ3v) is 4.83. The third-order valence-electron chi connectivity index (χ3n) is 4.83. The molecule has 2 aromatic heterocycles. The minimum Gasteiger partial charge on any atom is -0.329 e.